The summed E-state index contributed by atoms with van der Waals surface area (Å²) in [6.45, 7) is 10.7. The first-order valence-corrected chi connectivity index (χ1v) is 6.40. The van der Waals surface area contributed by atoms with Gasteiger partial charge >= 0.3 is 12.1 Å². The Hall–Kier alpha value is -1.52. The standard InChI is InChI=1S/C14H23NO4/c1-13(2,3)18-11(16)10-8-7-9-15(10)12(17)19-14(4,5)6/h7,9-10H,8H2,1-6H3/t10-/m0/s1. The molecule has 1 amide bonds. The van der Waals surface area contributed by atoms with Crippen molar-refractivity contribution in [3.8, 4) is 0 Å². The van der Waals surface area contributed by atoms with Crippen molar-refractivity contribution in [1.82, 2.24) is 4.90 Å². The second-order valence-corrected chi connectivity index (χ2v) is 6.56. The highest BCUT2D eigenvalue weighted by atomic mass is 16.6. The van der Waals surface area contributed by atoms with E-state index in [9.17, 15) is 9.59 Å². The van der Waals surface area contributed by atoms with E-state index in [-0.39, 0.29) is 0 Å². The van der Waals surface area contributed by atoms with Crippen molar-refractivity contribution in [1.29, 1.82) is 0 Å². The third-order valence-electron chi connectivity index (χ3n) is 2.24. The van der Waals surface area contributed by atoms with Gasteiger partial charge in [0.2, 0.25) is 0 Å². The number of hydrogen-bond acceptors (Lipinski definition) is 4. The van der Waals surface area contributed by atoms with Crippen LogP contribution in [0.15, 0.2) is 12.3 Å². The molecule has 5 nitrogen and oxygen atoms in total. The van der Waals surface area contributed by atoms with Crippen LogP contribution in [-0.4, -0.2) is 34.2 Å². The maximum atomic E-state index is 12.0. The van der Waals surface area contributed by atoms with Gasteiger partial charge in [0.05, 0.1) is 0 Å². The van der Waals surface area contributed by atoms with E-state index in [0.29, 0.717) is 6.42 Å². The fraction of sp³-hybridized carbons (Fsp3) is 0.714. The van der Waals surface area contributed by atoms with E-state index in [1.165, 1.54) is 4.90 Å². The van der Waals surface area contributed by atoms with Gasteiger partial charge in [-0.3, -0.25) is 4.90 Å². The molecule has 5 heteroatoms. The minimum absolute atomic E-state index is 0.414. The second-order valence-electron chi connectivity index (χ2n) is 6.56. The molecule has 0 aromatic heterocycles. The molecule has 108 valence electrons. The Morgan fingerprint density at radius 1 is 1.05 bits per heavy atom. The Morgan fingerprint density at radius 3 is 2.05 bits per heavy atom. The van der Waals surface area contributed by atoms with Crippen LogP contribution in [0.25, 0.3) is 0 Å². The molecule has 1 atom stereocenters. The third-order valence-corrected chi connectivity index (χ3v) is 2.24. The number of carbonyl (C=O) groups is 2. The molecule has 0 fully saturated rings. The molecule has 0 bridgehead atoms. The molecule has 0 N–H and O–H groups in total. The molecule has 1 rings (SSSR count). The fourth-order valence-electron chi connectivity index (χ4n) is 1.60. The highest BCUT2D eigenvalue weighted by Crippen LogP contribution is 2.21. The van der Waals surface area contributed by atoms with Crippen molar-refractivity contribution in [3.05, 3.63) is 12.3 Å². The first-order chi connectivity index (χ1) is 8.49. The number of esters is 1. The van der Waals surface area contributed by atoms with Crippen molar-refractivity contribution in [2.24, 2.45) is 0 Å². The van der Waals surface area contributed by atoms with E-state index >= 15 is 0 Å². The summed E-state index contributed by atoms with van der Waals surface area (Å²) in [6.07, 6.45) is 3.26. The summed E-state index contributed by atoms with van der Waals surface area (Å²) >= 11 is 0. The maximum Gasteiger partial charge on any atom is 0.415 e. The van der Waals surface area contributed by atoms with Crippen LogP contribution in [0.4, 0.5) is 4.79 Å². The SMILES string of the molecule is CC(C)(C)OC(=O)[C@@H]1CC=CN1C(=O)OC(C)(C)C. The van der Waals surface area contributed by atoms with Crippen molar-refractivity contribution in [2.75, 3.05) is 0 Å². The van der Waals surface area contributed by atoms with E-state index in [1.807, 2.05) is 0 Å². The maximum absolute atomic E-state index is 12.0. The zero-order chi connectivity index (χ0) is 14.8. The van der Waals surface area contributed by atoms with Gasteiger partial charge in [-0.25, -0.2) is 9.59 Å². The summed E-state index contributed by atoms with van der Waals surface area (Å²) in [6, 6.07) is -0.630. The molecular weight excluding hydrogens is 246 g/mol. The lowest BCUT2D eigenvalue weighted by Crippen LogP contribution is -2.44. The molecule has 19 heavy (non-hydrogen) atoms. The molecule has 0 radical (unpaired) electrons. The normalized spacial score (nSPS) is 19.5. The Bertz CT molecular complexity index is 387. The molecule has 0 spiro atoms. The number of hydrogen-bond donors (Lipinski definition) is 0. The highest BCUT2D eigenvalue weighted by Gasteiger charge is 2.36. The predicted molar refractivity (Wildman–Crippen MR) is 71.5 cm³/mol. The topological polar surface area (TPSA) is 55.8 Å². The van der Waals surface area contributed by atoms with E-state index in [2.05, 4.69) is 0 Å². The smallest absolute Gasteiger partial charge is 0.415 e. The lowest BCUT2D eigenvalue weighted by atomic mass is 10.1. The van der Waals surface area contributed by atoms with Crippen LogP contribution >= 0.6 is 0 Å². The average Bonchev–Trinajstić information content (AvgIpc) is 2.59. The zero-order valence-electron chi connectivity index (χ0n) is 12.5. The van der Waals surface area contributed by atoms with Crippen LogP contribution < -0.4 is 0 Å². The van der Waals surface area contributed by atoms with Crippen molar-refractivity contribution in [3.63, 3.8) is 0 Å². The van der Waals surface area contributed by atoms with Crippen molar-refractivity contribution >= 4 is 12.1 Å². The lowest BCUT2D eigenvalue weighted by Gasteiger charge is -2.29. The second kappa shape index (κ2) is 5.23. The van der Waals surface area contributed by atoms with Crippen LogP contribution in [0.3, 0.4) is 0 Å². The Morgan fingerprint density at radius 2 is 1.58 bits per heavy atom. The van der Waals surface area contributed by atoms with Crippen molar-refractivity contribution in [2.45, 2.75) is 65.2 Å². The predicted octanol–water partition coefficient (Wildman–Crippen LogP) is 2.85. The quantitative estimate of drug-likeness (QED) is 0.687. The van der Waals surface area contributed by atoms with E-state index < -0.39 is 29.3 Å². The van der Waals surface area contributed by atoms with Gasteiger partial charge in [0.1, 0.15) is 17.2 Å². The first kappa shape index (κ1) is 15.5. The van der Waals surface area contributed by atoms with E-state index in [1.54, 1.807) is 53.8 Å². The number of rotatable bonds is 1. The number of amides is 1. The van der Waals surface area contributed by atoms with Crippen LogP contribution in [0.5, 0.6) is 0 Å². The summed E-state index contributed by atoms with van der Waals surface area (Å²) in [4.78, 5) is 25.3. The molecular formula is C14H23NO4. The van der Waals surface area contributed by atoms with Gasteiger partial charge in [-0.05, 0) is 48.0 Å². The molecule has 0 aromatic rings. The number of ether oxygens (including phenoxy) is 2. The average molecular weight is 269 g/mol. The zero-order valence-corrected chi connectivity index (χ0v) is 12.5. The van der Waals surface area contributed by atoms with Crippen LogP contribution in [0, 0.1) is 0 Å². The van der Waals surface area contributed by atoms with Gasteiger partial charge in [-0.15, -0.1) is 0 Å². The Kier molecular flexibility index (Phi) is 4.28. The fourth-order valence-corrected chi connectivity index (χ4v) is 1.60. The molecule has 0 aromatic carbocycles. The van der Waals surface area contributed by atoms with Gasteiger partial charge < -0.3 is 9.47 Å². The summed E-state index contributed by atoms with van der Waals surface area (Å²) < 4.78 is 10.6. The van der Waals surface area contributed by atoms with Crippen LogP contribution in [-0.2, 0) is 14.3 Å². The molecule has 1 heterocycles. The Balaban J connectivity index is 2.71. The van der Waals surface area contributed by atoms with Crippen LogP contribution in [0.1, 0.15) is 48.0 Å². The minimum Gasteiger partial charge on any atom is -0.458 e. The number of carbonyl (C=O) groups excluding carboxylic acids is 2. The third kappa shape index (κ3) is 4.93. The van der Waals surface area contributed by atoms with E-state index in [4.69, 9.17) is 9.47 Å². The largest absolute Gasteiger partial charge is 0.458 e. The van der Waals surface area contributed by atoms with Gasteiger partial charge in [0.15, 0.2) is 0 Å². The lowest BCUT2D eigenvalue weighted by molar-refractivity contribution is -0.159. The summed E-state index contributed by atoms with van der Waals surface area (Å²) in [5, 5.41) is 0. The van der Waals surface area contributed by atoms with Crippen molar-refractivity contribution < 1.29 is 19.1 Å². The summed E-state index contributed by atoms with van der Waals surface area (Å²) in [7, 11) is 0. The van der Waals surface area contributed by atoms with Gasteiger partial charge in [0, 0.05) is 6.20 Å². The van der Waals surface area contributed by atoms with E-state index in [0.717, 1.165) is 0 Å². The molecule has 1 aliphatic heterocycles. The molecule has 1 aliphatic rings. The highest BCUT2D eigenvalue weighted by molar-refractivity contribution is 5.83. The molecule has 0 saturated heterocycles. The van der Waals surface area contributed by atoms with Gasteiger partial charge in [0.25, 0.3) is 0 Å². The Labute approximate surface area is 114 Å². The minimum atomic E-state index is -0.630. The molecule has 0 unspecified atom stereocenters. The van der Waals surface area contributed by atoms with Crippen LogP contribution in [0.2, 0.25) is 0 Å². The summed E-state index contributed by atoms with van der Waals surface area (Å²) in [5.41, 5.74) is -1.16. The van der Waals surface area contributed by atoms with Gasteiger partial charge in [-0.2, -0.15) is 0 Å². The number of nitrogens with zero attached hydrogens (tertiary/aromatic N) is 1. The monoisotopic (exact) mass is 269 g/mol. The summed E-state index contributed by atoms with van der Waals surface area (Å²) in [5.74, 6) is -0.414. The molecule has 0 saturated carbocycles. The molecule has 0 aliphatic carbocycles. The first-order valence-electron chi connectivity index (χ1n) is 6.40. The van der Waals surface area contributed by atoms with Gasteiger partial charge in [-0.1, -0.05) is 6.08 Å².